The molecule has 0 bridgehead atoms. The first-order valence-corrected chi connectivity index (χ1v) is 6.37. The Morgan fingerprint density at radius 2 is 2.00 bits per heavy atom. The molecule has 0 saturated heterocycles. The molecule has 0 aliphatic rings. The van der Waals surface area contributed by atoms with Crippen LogP contribution < -0.4 is 5.73 Å². The molecule has 0 fully saturated rings. The maximum absolute atomic E-state index is 12.7. The van der Waals surface area contributed by atoms with E-state index in [1.54, 1.807) is 31.3 Å². The summed E-state index contributed by atoms with van der Waals surface area (Å²) < 4.78 is 26.2. The van der Waals surface area contributed by atoms with Gasteiger partial charge in [0.2, 0.25) is 0 Å². The first-order valence-electron chi connectivity index (χ1n) is 6.37. The Bertz CT molecular complexity index is 616. The summed E-state index contributed by atoms with van der Waals surface area (Å²) in [6.45, 7) is -2.26. The van der Waals surface area contributed by atoms with E-state index >= 15 is 0 Å². The lowest BCUT2D eigenvalue weighted by molar-refractivity contribution is 0.0612. The second-order valence-corrected chi connectivity index (χ2v) is 4.59. The second kappa shape index (κ2) is 7.86. The van der Waals surface area contributed by atoms with Gasteiger partial charge >= 0.3 is 6.55 Å². The Hall–Kier alpha value is -1.99. The SMILES string of the molecule is CN(Cc1nccn1C(F)F)C(=O)c1ccc(CN)cc1.Cl. The fourth-order valence-corrected chi connectivity index (χ4v) is 1.93. The third-order valence-electron chi connectivity index (χ3n) is 3.12. The molecule has 0 atom stereocenters. The van der Waals surface area contributed by atoms with Crippen LogP contribution in [-0.2, 0) is 13.1 Å². The molecule has 2 N–H and O–H groups in total. The van der Waals surface area contributed by atoms with Crippen molar-refractivity contribution in [3.63, 3.8) is 0 Å². The van der Waals surface area contributed by atoms with E-state index in [1.807, 2.05) is 0 Å². The Morgan fingerprint density at radius 1 is 1.36 bits per heavy atom. The van der Waals surface area contributed by atoms with Gasteiger partial charge in [-0.1, -0.05) is 12.1 Å². The molecule has 22 heavy (non-hydrogen) atoms. The van der Waals surface area contributed by atoms with Crippen molar-refractivity contribution in [3.8, 4) is 0 Å². The van der Waals surface area contributed by atoms with Crippen LogP contribution in [0.3, 0.4) is 0 Å². The molecule has 1 amide bonds. The van der Waals surface area contributed by atoms with Gasteiger partial charge in [-0.2, -0.15) is 8.78 Å². The number of imidazole rings is 1. The van der Waals surface area contributed by atoms with E-state index in [0.29, 0.717) is 12.1 Å². The van der Waals surface area contributed by atoms with Crippen LogP contribution in [0.25, 0.3) is 0 Å². The Balaban J connectivity index is 0.00000242. The highest BCUT2D eigenvalue weighted by molar-refractivity contribution is 5.94. The van der Waals surface area contributed by atoms with Crippen molar-refractivity contribution < 1.29 is 13.6 Å². The van der Waals surface area contributed by atoms with E-state index in [1.165, 1.54) is 17.3 Å². The molecule has 1 aromatic heterocycles. The fourth-order valence-electron chi connectivity index (χ4n) is 1.93. The molecule has 0 radical (unpaired) electrons. The molecule has 0 spiro atoms. The quantitative estimate of drug-likeness (QED) is 0.915. The minimum Gasteiger partial charge on any atom is -0.334 e. The molecule has 8 heteroatoms. The van der Waals surface area contributed by atoms with Gasteiger partial charge in [0.05, 0.1) is 6.54 Å². The Kier molecular flexibility index (Phi) is 6.45. The maximum atomic E-state index is 12.7. The molecule has 0 aliphatic heterocycles. The van der Waals surface area contributed by atoms with E-state index in [2.05, 4.69) is 4.98 Å². The average Bonchev–Trinajstić information content (AvgIpc) is 2.95. The van der Waals surface area contributed by atoms with Crippen LogP contribution in [-0.4, -0.2) is 27.4 Å². The number of carbonyl (C=O) groups excluding carboxylic acids is 1. The summed E-state index contributed by atoms with van der Waals surface area (Å²) in [4.78, 5) is 17.4. The highest BCUT2D eigenvalue weighted by Gasteiger charge is 2.17. The van der Waals surface area contributed by atoms with Crippen molar-refractivity contribution in [1.82, 2.24) is 14.5 Å². The van der Waals surface area contributed by atoms with Crippen molar-refractivity contribution >= 4 is 18.3 Å². The van der Waals surface area contributed by atoms with Gasteiger partial charge in [-0.25, -0.2) is 4.98 Å². The zero-order chi connectivity index (χ0) is 15.4. The van der Waals surface area contributed by atoms with Crippen molar-refractivity contribution in [2.45, 2.75) is 19.6 Å². The molecule has 1 aromatic carbocycles. The Morgan fingerprint density at radius 3 is 2.55 bits per heavy atom. The summed E-state index contributed by atoms with van der Waals surface area (Å²) in [6, 6.07) is 6.86. The van der Waals surface area contributed by atoms with Gasteiger partial charge in [-0.3, -0.25) is 9.36 Å². The van der Waals surface area contributed by atoms with E-state index < -0.39 is 6.55 Å². The molecule has 2 aromatic rings. The molecule has 0 saturated carbocycles. The van der Waals surface area contributed by atoms with E-state index in [9.17, 15) is 13.6 Å². The number of alkyl halides is 2. The van der Waals surface area contributed by atoms with E-state index in [-0.39, 0.29) is 30.7 Å². The minimum absolute atomic E-state index is 0. The van der Waals surface area contributed by atoms with Gasteiger partial charge in [-0.05, 0) is 17.7 Å². The number of nitrogens with zero attached hydrogens (tertiary/aromatic N) is 3. The van der Waals surface area contributed by atoms with Crippen LogP contribution >= 0.6 is 12.4 Å². The van der Waals surface area contributed by atoms with Crippen LogP contribution in [0.5, 0.6) is 0 Å². The number of benzene rings is 1. The number of hydrogen-bond donors (Lipinski definition) is 1. The summed E-state index contributed by atoms with van der Waals surface area (Å²) in [7, 11) is 1.55. The summed E-state index contributed by atoms with van der Waals surface area (Å²) in [5, 5.41) is 0. The zero-order valence-corrected chi connectivity index (χ0v) is 12.8. The predicted octanol–water partition coefficient (Wildman–Crippen LogP) is 2.43. The number of nitrogens with two attached hydrogens (primary N) is 1. The summed E-state index contributed by atoms with van der Waals surface area (Å²) in [5.74, 6) is -0.123. The lowest BCUT2D eigenvalue weighted by Gasteiger charge is -2.17. The first kappa shape index (κ1) is 18.1. The first-order chi connectivity index (χ1) is 10.0. The van der Waals surface area contributed by atoms with Crippen molar-refractivity contribution in [2.75, 3.05) is 7.05 Å². The van der Waals surface area contributed by atoms with Crippen molar-refractivity contribution in [1.29, 1.82) is 0 Å². The third kappa shape index (κ3) is 4.02. The van der Waals surface area contributed by atoms with Gasteiger partial charge in [0.1, 0.15) is 5.82 Å². The maximum Gasteiger partial charge on any atom is 0.319 e. The lowest BCUT2D eigenvalue weighted by atomic mass is 10.1. The number of rotatable bonds is 5. The van der Waals surface area contributed by atoms with Crippen molar-refractivity contribution in [3.05, 3.63) is 53.6 Å². The van der Waals surface area contributed by atoms with Crippen LogP contribution in [0, 0.1) is 0 Å². The van der Waals surface area contributed by atoms with Crippen LogP contribution in [0.1, 0.15) is 28.3 Å². The summed E-state index contributed by atoms with van der Waals surface area (Å²) in [5.41, 5.74) is 6.89. The number of amides is 1. The van der Waals surface area contributed by atoms with Gasteiger partial charge in [0.15, 0.2) is 0 Å². The molecule has 0 unspecified atom stereocenters. The fraction of sp³-hybridized carbons (Fsp3) is 0.286. The molecule has 2 rings (SSSR count). The molecule has 0 aliphatic carbocycles. The highest BCUT2D eigenvalue weighted by atomic mass is 35.5. The molecular formula is C14H17ClF2N4O. The van der Waals surface area contributed by atoms with Gasteiger partial charge < -0.3 is 10.6 Å². The second-order valence-electron chi connectivity index (χ2n) is 4.59. The van der Waals surface area contributed by atoms with Crippen LogP contribution in [0.4, 0.5) is 8.78 Å². The van der Waals surface area contributed by atoms with Crippen molar-refractivity contribution in [2.24, 2.45) is 5.73 Å². The Labute approximate surface area is 133 Å². The van der Waals surface area contributed by atoms with Gasteiger partial charge in [0, 0.05) is 31.5 Å². The van der Waals surface area contributed by atoms with Crippen LogP contribution in [0.2, 0.25) is 0 Å². The van der Waals surface area contributed by atoms with E-state index in [4.69, 9.17) is 5.73 Å². The van der Waals surface area contributed by atoms with Crippen LogP contribution in [0.15, 0.2) is 36.7 Å². The molecule has 120 valence electrons. The number of aromatic nitrogens is 2. The highest BCUT2D eigenvalue weighted by Crippen LogP contribution is 2.15. The summed E-state index contributed by atoms with van der Waals surface area (Å²) in [6.07, 6.45) is 2.48. The van der Waals surface area contributed by atoms with Gasteiger partial charge in [0.25, 0.3) is 5.91 Å². The smallest absolute Gasteiger partial charge is 0.319 e. The molecule has 5 nitrogen and oxygen atoms in total. The normalized spacial score (nSPS) is 10.4. The number of hydrogen-bond acceptors (Lipinski definition) is 3. The topological polar surface area (TPSA) is 64.2 Å². The van der Waals surface area contributed by atoms with E-state index in [0.717, 1.165) is 10.1 Å². The monoisotopic (exact) mass is 330 g/mol. The molecular weight excluding hydrogens is 314 g/mol. The zero-order valence-electron chi connectivity index (χ0n) is 11.9. The van der Waals surface area contributed by atoms with Gasteiger partial charge in [-0.15, -0.1) is 12.4 Å². The number of carbonyl (C=O) groups is 1. The summed E-state index contributed by atoms with van der Waals surface area (Å²) >= 11 is 0. The minimum atomic E-state index is -2.67. The molecule has 1 heterocycles. The standard InChI is InChI=1S/C14H16F2N4O.ClH/c1-19(9-12-18-6-7-20(12)14(15)16)13(21)11-4-2-10(8-17)3-5-11;/h2-7,14H,8-9,17H2,1H3;1H. The largest absolute Gasteiger partial charge is 0.334 e. The average molecular weight is 331 g/mol. The lowest BCUT2D eigenvalue weighted by Crippen LogP contribution is -2.27. The predicted molar refractivity (Wildman–Crippen MR) is 80.9 cm³/mol. The third-order valence-corrected chi connectivity index (χ3v) is 3.12. The number of halogens is 3.